The van der Waals surface area contributed by atoms with Gasteiger partial charge < -0.3 is 9.84 Å². The van der Waals surface area contributed by atoms with E-state index in [9.17, 15) is 5.11 Å². The Morgan fingerprint density at radius 2 is 1.48 bits per heavy atom. The van der Waals surface area contributed by atoms with Gasteiger partial charge in [-0.2, -0.15) is 0 Å². The summed E-state index contributed by atoms with van der Waals surface area (Å²) in [6.07, 6.45) is 0.476. The summed E-state index contributed by atoms with van der Waals surface area (Å²) in [5.41, 5.74) is 1.52. The second-order valence-electron chi connectivity index (χ2n) is 6.22. The third kappa shape index (κ3) is 2.87. The molecule has 0 spiro atoms. The SMILES string of the molecule is C[C@H]1[C@@H](c2ccccc2)O[C@@H](c2ccccc2)C[C@]1(C)O. The van der Waals surface area contributed by atoms with Crippen molar-refractivity contribution in [2.45, 2.75) is 38.1 Å². The molecule has 0 bridgehead atoms. The second kappa shape index (κ2) is 5.63. The van der Waals surface area contributed by atoms with Gasteiger partial charge in [-0.1, -0.05) is 67.6 Å². The molecule has 0 aromatic heterocycles. The first kappa shape index (κ1) is 14.3. The van der Waals surface area contributed by atoms with Gasteiger partial charge in [0, 0.05) is 12.3 Å². The van der Waals surface area contributed by atoms with E-state index in [1.54, 1.807) is 0 Å². The third-order valence-electron chi connectivity index (χ3n) is 4.64. The Balaban J connectivity index is 1.93. The standard InChI is InChI=1S/C19H22O2/c1-14-18(16-11-7-4-8-12-16)21-17(13-19(14,2)20)15-9-5-3-6-10-15/h3-12,14,17-18,20H,13H2,1-2H3/t14-,17+,18-,19-/m0/s1. The summed E-state index contributed by atoms with van der Waals surface area (Å²) >= 11 is 0. The van der Waals surface area contributed by atoms with Crippen LogP contribution in [0.25, 0.3) is 0 Å². The molecule has 1 fully saturated rings. The Morgan fingerprint density at radius 1 is 0.952 bits per heavy atom. The molecule has 3 rings (SSSR count). The smallest absolute Gasteiger partial charge is 0.0886 e. The van der Waals surface area contributed by atoms with Gasteiger partial charge in [-0.05, 0) is 18.1 Å². The molecular formula is C19H22O2. The fourth-order valence-corrected chi connectivity index (χ4v) is 3.10. The predicted molar refractivity (Wildman–Crippen MR) is 83.9 cm³/mol. The van der Waals surface area contributed by atoms with E-state index in [-0.39, 0.29) is 18.1 Å². The van der Waals surface area contributed by atoms with Crippen LogP contribution < -0.4 is 0 Å². The lowest BCUT2D eigenvalue weighted by Gasteiger charge is -2.45. The zero-order chi connectivity index (χ0) is 14.9. The minimum atomic E-state index is -0.737. The average Bonchev–Trinajstić information content (AvgIpc) is 2.51. The molecule has 1 aliphatic rings. The van der Waals surface area contributed by atoms with E-state index in [1.807, 2.05) is 43.3 Å². The highest BCUT2D eigenvalue weighted by Crippen LogP contribution is 2.47. The Bertz CT molecular complexity index is 577. The number of hydrogen-bond donors (Lipinski definition) is 1. The highest BCUT2D eigenvalue weighted by Gasteiger charge is 2.43. The summed E-state index contributed by atoms with van der Waals surface area (Å²) in [4.78, 5) is 0. The van der Waals surface area contributed by atoms with Crippen molar-refractivity contribution in [3.05, 3.63) is 71.8 Å². The number of rotatable bonds is 2. The Morgan fingerprint density at radius 3 is 2.05 bits per heavy atom. The molecule has 4 atom stereocenters. The molecule has 110 valence electrons. The summed E-state index contributed by atoms with van der Waals surface area (Å²) < 4.78 is 6.35. The Hall–Kier alpha value is -1.64. The molecular weight excluding hydrogens is 260 g/mol. The molecule has 2 aromatic carbocycles. The van der Waals surface area contributed by atoms with Crippen molar-refractivity contribution in [1.29, 1.82) is 0 Å². The molecule has 0 aliphatic carbocycles. The maximum atomic E-state index is 10.8. The van der Waals surface area contributed by atoms with Crippen LogP contribution in [0, 0.1) is 5.92 Å². The molecule has 2 heteroatoms. The fraction of sp³-hybridized carbons (Fsp3) is 0.368. The van der Waals surface area contributed by atoms with E-state index in [0.717, 1.165) is 11.1 Å². The van der Waals surface area contributed by atoms with Crippen LogP contribution in [0.5, 0.6) is 0 Å². The first-order chi connectivity index (χ1) is 10.1. The van der Waals surface area contributed by atoms with Crippen molar-refractivity contribution in [2.24, 2.45) is 5.92 Å². The van der Waals surface area contributed by atoms with Gasteiger partial charge in [0.2, 0.25) is 0 Å². The van der Waals surface area contributed by atoms with Crippen molar-refractivity contribution in [2.75, 3.05) is 0 Å². The van der Waals surface area contributed by atoms with Crippen LogP contribution in [-0.2, 0) is 4.74 Å². The maximum absolute atomic E-state index is 10.8. The number of benzene rings is 2. The van der Waals surface area contributed by atoms with Gasteiger partial charge in [-0.25, -0.2) is 0 Å². The molecule has 1 heterocycles. The quantitative estimate of drug-likeness (QED) is 0.891. The van der Waals surface area contributed by atoms with Crippen LogP contribution in [0.15, 0.2) is 60.7 Å². The van der Waals surface area contributed by atoms with Crippen LogP contribution in [0.2, 0.25) is 0 Å². The van der Waals surface area contributed by atoms with Gasteiger partial charge in [-0.3, -0.25) is 0 Å². The van der Waals surface area contributed by atoms with E-state index >= 15 is 0 Å². The monoisotopic (exact) mass is 282 g/mol. The van der Waals surface area contributed by atoms with Gasteiger partial charge in [0.05, 0.1) is 17.8 Å². The average molecular weight is 282 g/mol. The van der Waals surface area contributed by atoms with Crippen LogP contribution in [0.3, 0.4) is 0 Å². The minimum Gasteiger partial charge on any atom is -0.390 e. The van der Waals surface area contributed by atoms with Gasteiger partial charge in [-0.15, -0.1) is 0 Å². The van der Waals surface area contributed by atoms with Crippen LogP contribution in [-0.4, -0.2) is 10.7 Å². The molecule has 2 aromatic rings. The zero-order valence-electron chi connectivity index (χ0n) is 12.6. The highest BCUT2D eigenvalue weighted by atomic mass is 16.5. The van der Waals surface area contributed by atoms with Crippen LogP contribution in [0.1, 0.15) is 43.6 Å². The van der Waals surface area contributed by atoms with Crippen LogP contribution >= 0.6 is 0 Å². The Labute approximate surface area is 126 Å². The molecule has 21 heavy (non-hydrogen) atoms. The Kier molecular flexibility index (Phi) is 3.83. The molecule has 0 saturated carbocycles. The lowest BCUT2D eigenvalue weighted by molar-refractivity contribution is -0.178. The van der Waals surface area contributed by atoms with E-state index in [0.29, 0.717) is 6.42 Å². The highest BCUT2D eigenvalue weighted by molar-refractivity contribution is 5.23. The summed E-state index contributed by atoms with van der Waals surface area (Å²) in [7, 11) is 0. The normalized spacial score (nSPS) is 32.8. The molecule has 0 amide bonds. The van der Waals surface area contributed by atoms with Gasteiger partial charge in [0.25, 0.3) is 0 Å². The first-order valence-corrected chi connectivity index (χ1v) is 7.55. The minimum absolute atomic E-state index is 0.0554. The molecule has 0 radical (unpaired) electrons. The molecule has 1 saturated heterocycles. The van der Waals surface area contributed by atoms with Gasteiger partial charge in [0.1, 0.15) is 0 Å². The topological polar surface area (TPSA) is 29.5 Å². The van der Waals surface area contributed by atoms with E-state index in [4.69, 9.17) is 4.74 Å². The molecule has 2 nitrogen and oxygen atoms in total. The van der Waals surface area contributed by atoms with E-state index < -0.39 is 5.60 Å². The number of aliphatic hydroxyl groups is 1. The van der Waals surface area contributed by atoms with Gasteiger partial charge >= 0.3 is 0 Å². The zero-order valence-corrected chi connectivity index (χ0v) is 12.6. The molecule has 1 aliphatic heterocycles. The van der Waals surface area contributed by atoms with Crippen molar-refractivity contribution >= 4 is 0 Å². The summed E-state index contributed by atoms with van der Waals surface area (Å²) in [6, 6.07) is 20.4. The largest absolute Gasteiger partial charge is 0.390 e. The number of ether oxygens (including phenoxy) is 1. The van der Waals surface area contributed by atoms with Crippen molar-refractivity contribution in [1.82, 2.24) is 0 Å². The third-order valence-corrected chi connectivity index (χ3v) is 4.64. The lowest BCUT2D eigenvalue weighted by atomic mass is 9.76. The fourth-order valence-electron chi connectivity index (χ4n) is 3.10. The lowest BCUT2D eigenvalue weighted by Crippen LogP contribution is -2.44. The predicted octanol–water partition coefficient (Wildman–Crippen LogP) is 4.28. The van der Waals surface area contributed by atoms with Crippen LogP contribution in [0.4, 0.5) is 0 Å². The first-order valence-electron chi connectivity index (χ1n) is 7.55. The number of hydrogen-bond acceptors (Lipinski definition) is 2. The second-order valence-corrected chi connectivity index (χ2v) is 6.22. The van der Waals surface area contributed by atoms with E-state index in [1.165, 1.54) is 0 Å². The van der Waals surface area contributed by atoms with Crippen molar-refractivity contribution < 1.29 is 9.84 Å². The summed E-state index contributed by atoms with van der Waals surface area (Å²) in [5.74, 6) is 0.0554. The van der Waals surface area contributed by atoms with Crippen molar-refractivity contribution in [3.8, 4) is 0 Å². The molecule has 1 N–H and O–H groups in total. The molecule has 0 unspecified atom stereocenters. The van der Waals surface area contributed by atoms with Gasteiger partial charge in [0.15, 0.2) is 0 Å². The summed E-state index contributed by atoms with van der Waals surface area (Å²) in [6.45, 7) is 3.99. The van der Waals surface area contributed by atoms with E-state index in [2.05, 4.69) is 31.2 Å². The summed E-state index contributed by atoms with van der Waals surface area (Å²) in [5, 5.41) is 10.8. The van der Waals surface area contributed by atoms with Crippen molar-refractivity contribution in [3.63, 3.8) is 0 Å². The maximum Gasteiger partial charge on any atom is 0.0886 e.